The van der Waals surface area contributed by atoms with Gasteiger partial charge in [0.1, 0.15) is 5.69 Å². The quantitative estimate of drug-likeness (QED) is 0.616. The fraction of sp³-hybridized carbons (Fsp3) is 0.375. The fourth-order valence-electron chi connectivity index (χ4n) is 2.90. The minimum atomic E-state index is -0.352. The highest BCUT2D eigenvalue weighted by atomic mass is 35.5. The van der Waals surface area contributed by atoms with E-state index in [4.69, 9.17) is 11.6 Å². The Morgan fingerprint density at radius 1 is 1.22 bits per heavy atom. The standard InChI is InChI=1S/C16H18ClN3O2S/c17-13-4-5-15(16(11-13)20(21)22)19-7-2-6-18(8-9-19)12-14-3-1-10-23-14/h1,3-5,10-11H,2,6-9,12H2. The van der Waals surface area contributed by atoms with E-state index in [2.05, 4.69) is 27.3 Å². The van der Waals surface area contributed by atoms with E-state index in [-0.39, 0.29) is 10.6 Å². The van der Waals surface area contributed by atoms with Crippen LogP contribution >= 0.6 is 22.9 Å². The zero-order valence-corrected chi connectivity index (χ0v) is 14.2. The molecule has 0 amide bonds. The Bertz CT molecular complexity index is 678. The molecule has 1 aromatic heterocycles. The normalized spacial score (nSPS) is 16.3. The van der Waals surface area contributed by atoms with Crippen molar-refractivity contribution in [3.8, 4) is 0 Å². The van der Waals surface area contributed by atoms with Gasteiger partial charge in [-0.25, -0.2) is 0 Å². The van der Waals surface area contributed by atoms with Crippen molar-refractivity contribution in [1.29, 1.82) is 0 Å². The van der Waals surface area contributed by atoms with Crippen LogP contribution in [0, 0.1) is 10.1 Å². The lowest BCUT2D eigenvalue weighted by atomic mass is 10.2. The summed E-state index contributed by atoms with van der Waals surface area (Å²) in [4.78, 5) is 16.8. The minimum Gasteiger partial charge on any atom is -0.365 e. The van der Waals surface area contributed by atoms with Crippen LogP contribution in [0.5, 0.6) is 0 Å². The molecule has 1 fully saturated rings. The topological polar surface area (TPSA) is 49.6 Å². The number of halogens is 1. The smallest absolute Gasteiger partial charge is 0.294 e. The van der Waals surface area contributed by atoms with Gasteiger partial charge in [0, 0.05) is 48.7 Å². The van der Waals surface area contributed by atoms with Gasteiger partial charge >= 0.3 is 0 Å². The summed E-state index contributed by atoms with van der Waals surface area (Å²) in [6.07, 6.45) is 0.991. The molecule has 0 unspecified atom stereocenters. The first kappa shape index (κ1) is 16.2. The Hall–Kier alpha value is -1.63. The van der Waals surface area contributed by atoms with Crippen molar-refractivity contribution >= 4 is 34.3 Å². The van der Waals surface area contributed by atoms with E-state index in [0.29, 0.717) is 10.7 Å². The van der Waals surface area contributed by atoms with E-state index < -0.39 is 0 Å². The predicted octanol–water partition coefficient (Wildman–Crippen LogP) is 4.02. The molecular formula is C16H18ClN3O2S. The molecule has 2 aromatic rings. The number of nitrogens with zero attached hydrogens (tertiary/aromatic N) is 3. The Morgan fingerprint density at radius 2 is 2.09 bits per heavy atom. The number of thiophene rings is 1. The summed E-state index contributed by atoms with van der Waals surface area (Å²) in [5.41, 5.74) is 0.751. The minimum absolute atomic E-state index is 0.0872. The van der Waals surface area contributed by atoms with Crippen LogP contribution in [-0.2, 0) is 6.54 Å². The van der Waals surface area contributed by atoms with Gasteiger partial charge in [-0.3, -0.25) is 15.0 Å². The highest BCUT2D eigenvalue weighted by Gasteiger charge is 2.22. The molecule has 0 spiro atoms. The highest BCUT2D eigenvalue weighted by molar-refractivity contribution is 7.09. The van der Waals surface area contributed by atoms with Crippen LogP contribution in [-0.4, -0.2) is 36.0 Å². The summed E-state index contributed by atoms with van der Waals surface area (Å²) < 4.78 is 0. The Morgan fingerprint density at radius 3 is 2.83 bits per heavy atom. The van der Waals surface area contributed by atoms with Gasteiger partial charge in [0.05, 0.1) is 4.92 Å². The summed E-state index contributed by atoms with van der Waals surface area (Å²) in [6, 6.07) is 9.14. The van der Waals surface area contributed by atoms with Crippen molar-refractivity contribution in [2.75, 3.05) is 31.1 Å². The summed E-state index contributed by atoms with van der Waals surface area (Å²) >= 11 is 7.67. The third kappa shape index (κ3) is 4.02. The lowest BCUT2D eigenvalue weighted by Gasteiger charge is -2.23. The van der Waals surface area contributed by atoms with E-state index >= 15 is 0 Å². The van der Waals surface area contributed by atoms with Crippen LogP contribution in [0.3, 0.4) is 0 Å². The van der Waals surface area contributed by atoms with Crippen LogP contribution < -0.4 is 4.90 Å². The number of rotatable bonds is 4. The second-order valence-corrected chi connectivity index (χ2v) is 7.05. The van der Waals surface area contributed by atoms with Crippen LogP contribution in [0.2, 0.25) is 5.02 Å². The second-order valence-electron chi connectivity index (χ2n) is 5.59. The van der Waals surface area contributed by atoms with Crippen LogP contribution in [0.1, 0.15) is 11.3 Å². The molecule has 0 radical (unpaired) electrons. The molecule has 3 rings (SSSR count). The molecule has 122 valence electrons. The zero-order chi connectivity index (χ0) is 16.2. The first-order valence-electron chi connectivity index (χ1n) is 7.57. The third-order valence-electron chi connectivity index (χ3n) is 4.02. The molecule has 0 saturated carbocycles. The molecule has 7 heteroatoms. The molecule has 1 aliphatic heterocycles. The van der Waals surface area contributed by atoms with Gasteiger partial charge in [-0.05, 0) is 30.0 Å². The molecule has 0 aliphatic carbocycles. The van der Waals surface area contributed by atoms with E-state index in [1.807, 2.05) is 0 Å². The number of anilines is 1. The van der Waals surface area contributed by atoms with Crippen molar-refractivity contribution in [3.63, 3.8) is 0 Å². The number of benzene rings is 1. The first-order chi connectivity index (χ1) is 11.1. The summed E-state index contributed by atoms with van der Waals surface area (Å²) in [7, 11) is 0. The average molecular weight is 352 g/mol. The van der Waals surface area contributed by atoms with Crippen molar-refractivity contribution in [1.82, 2.24) is 4.90 Å². The van der Waals surface area contributed by atoms with E-state index in [0.717, 1.165) is 39.1 Å². The van der Waals surface area contributed by atoms with Crippen molar-refractivity contribution < 1.29 is 4.92 Å². The molecule has 0 bridgehead atoms. The van der Waals surface area contributed by atoms with Crippen molar-refractivity contribution in [2.24, 2.45) is 0 Å². The molecule has 0 N–H and O–H groups in total. The molecule has 1 aliphatic rings. The largest absolute Gasteiger partial charge is 0.365 e. The Balaban J connectivity index is 1.72. The van der Waals surface area contributed by atoms with E-state index in [1.165, 1.54) is 10.9 Å². The summed E-state index contributed by atoms with van der Waals surface area (Å²) in [5.74, 6) is 0. The molecule has 23 heavy (non-hydrogen) atoms. The van der Waals surface area contributed by atoms with Crippen molar-refractivity contribution in [3.05, 3.63) is 55.7 Å². The number of nitro benzene ring substituents is 1. The molecule has 1 saturated heterocycles. The Labute approximate surface area is 144 Å². The first-order valence-corrected chi connectivity index (χ1v) is 8.83. The number of hydrogen-bond donors (Lipinski definition) is 0. The van der Waals surface area contributed by atoms with Gasteiger partial charge in [0.15, 0.2) is 0 Å². The maximum Gasteiger partial charge on any atom is 0.294 e. The van der Waals surface area contributed by atoms with E-state index in [9.17, 15) is 10.1 Å². The fourth-order valence-corrected chi connectivity index (χ4v) is 3.82. The highest BCUT2D eigenvalue weighted by Crippen LogP contribution is 2.31. The maximum absolute atomic E-state index is 11.3. The summed E-state index contributed by atoms with van der Waals surface area (Å²) in [6.45, 7) is 4.47. The van der Waals surface area contributed by atoms with Gasteiger partial charge in [0.2, 0.25) is 0 Å². The zero-order valence-electron chi connectivity index (χ0n) is 12.7. The molecule has 2 heterocycles. The van der Waals surface area contributed by atoms with Gasteiger partial charge in [-0.15, -0.1) is 11.3 Å². The number of hydrogen-bond acceptors (Lipinski definition) is 5. The average Bonchev–Trinajstić information content (AvgIpc) is 2.92. The van der Waals surface area contributed by atoms with Gasteiger partial charge in [0.25, 0.3) is 5.69 Å². The molecule has 0 atom stereocenters. The van der Waals surface area contributed by atoms with Crippen LogP contribution in [0.15, 0.2) is 35.7 Å². The van der Waals surface area contributed by atoms with Crippen LogP contribution in [0.4, 0.5) is 11.4 Å². The number of nitro groups is 1. The molecule has 1 aromatic carbocycles. The second kappa shape index (κ2) is 7.29. The van der Waals surface area contributed by atoms with Gasteiger partial charge < -0.3 is 4.90 Å². The molecular weight excluding hydrogens is 334 g/mol. The summed E-state index contributed by atoms with van der Waals surface area (Å²) in [5, 5.41) is 13.8. The lowest BCUT2D eigenvalue weighted by Crippen LogP contribution is -2.30. The Kier molecular flexibility index (Phi) is 5.15. The van der Waals surface area contributed by atoms with Crippen molar-refractivity contribution in [2.45, 2.75) is 13.0 Å². The predicted molar refractivity (Wildman–Crippen MR) is 94.5 cm³/mol. The third-order valence-corrected chi connectivity index (χ3v) is 5.12. The monoisotopic (exact) mass is 351 g/mol. The van der Waals surface area contributed by atoms with Crippen LogP contribution in [0.25, 0.3) is 0 Å². The SMILES string of the molecule is O=[N+]([O-])c1cc(Cl)ccc1N1CCCN(Cc2cccs2)CC1. The van der Waals surface area contributed by atoms with Gasteiger partial charge in [-0.2, -0.15) is 0 Å². The lowest BCUT2D eigenvalue weighted by molar-refractivity contribution is -0.384. The van der Waals surface area contributed by atoms with E-state index in [1.54, 1.807) is 23.5 Å². The van der Waals surface area contributed by atoms with Gasteiger partial charge in [-0.1, -0.05) is 17.7 Å². The molecule has 5 nitrogen and oxygen atoms in total. The maximum atomic E-state index is 11.3.